The molecule has 1 N–H and O–H groups in total. The summed E-state index contributed by atoms with van der Waals surface area (Å²) in [5.41, 5.74) is 4.31. The van der Waals surface area contributed by atoms with Gasteiger partial charge in [-0.25, -0.2) is 0 Å². The molecule has 0 spiro atoms. The van der Waals surface area contributed by atoms with Crippen molar-refractivity contribution in [1.82, 2.24) is 5.32 Å². The quantitative estimate of drug-likeness (QED) is 0.921. The highest BCUT2D eigenvalue weighted by molar-refractivity contribution is 9.10. The van der Waals surface area contributed by atoms with E-state index in [1.807, 2.05) is 0 Å². The smallest absolute Gasteiger partial charge is 0.125 e. The van der Waals surface area contributed by atoms with E-state index in [4.69, 9.17) is 4.74 Å². The predicted molar refractivity (Wildman–Crippen MR) is 88.0 cm³/mol. The Bertz CT molecular complexity index is 664. The highest BCUT2D eigenvalue weighted by Gasteiger charge is 2.39. The molecule has 0 radical (unpaired) electrons. The predicted octanol–water partition coefficient (Wildman–Crippen LogP) is 3.47. The van der Waals surface area contributed by atoms with Crippen LogP contribution in [0.1, 0.15) is 16.7 Å². The van der Waals surface area contributed by atoms with Gasteiger partial charge < -0.3 is 10.1 Å². The van der Waals surface area contributed by atoms with Crippen LogP contribution < -0.4 is 10.1 Å². The van der Waals surface area contributed by atoms with E-state index in [9.17, 15) is 0 Å². The minimum absolute atomic E-state index is 0.210. The summed E-state index contributed by atoms with van der Waals surface area (Å²) in [6.07, 6.45) is 2.06. The second-order valence-corrected chi connectivity index (χ2v) is 6.99. The average molecular weight is 344 g/mol. The van der Waals surface area contributed by atoms with Crippen LogP contribution in [0, 0.1) is 0 Å². The molecule has 4 rings (SSSR count). The summed E-state index contributed by atoms with van der Waals surface area (Å²) in [5.74, 6) is 1.13. The lowest BCUT2D eigenvalue weighted by Gasteiger charge is -2.43. The molecule has 2 aromatic rings. The largest absolute Gasteiger partial charge is 0.493 e. The van der Waals surface area contributed by atoms with Gasteiger partial charge in [0.15, 0.2) is 0 Å². The molecule has 2 aromatic carbocycles. The molecule has 21 heavy (non-hydrogen) atoms. The zero-order valence-corrected chi connectivity index (χ0v) is 13.4. The number of benzene rings is 2. The van der Waals surface area contributed by atoms with Crippen molar-refractivity contribution in [1.29, 1.82) is 0 Å². The van der Waals surface area contributed by atoms with Crippen LogP contribution >= 0.6 is 15.9 Å². The lowest BCUT2D eigenvalue weighted by molar-refractivity contribution is 0.270. The Balaban J connectivity index is 1.72. The number of nitrogens with one attached hydrogen (secondary N) is 1. The van der Waals surface area contributed by atoms with Crippen LogP contribution in [0.4, 0.5) is 0 Å². The van der Waals surface area contributed by atoms with Crippen LogP contribution in [0.15, 0.2) is 46.9 Å². The summed E-state index contributed by atoms with van der Waals surface area (Å²) in [4.78, 5) is 0. The van der Waals surface area contributed by atoms with E-state index < -0.39 is 0 Å². The molecule has 108 valence electrons. The molecular weight excluding hydrogens is 326 g/mol. The van der Waals surface area contributed by atoms with Crippen LogP contribution in [0.3, 0.4) is 0 Å². The molecule has 2 aliphatic heterocycles. The van der Waals surface area contributed by atoms with Gasteiger partial charge >= 0.3 is 0 Å². The van der Waals surface area contributed by atoms with Crippen molar-refractivity contribution in [2.75, 3.05) is 19.7 Å². The first kappa shape index (κ1) is 13.4. The van der Waals surface area contributed by atoms with Crippen LogP contribution in [-0.4, -0.2) is 19.7 Å². The van der Waals surface area contributed by atoms with Crippen LogP contribution in [-0.2, 0) is 18.3 Å². The minimum Gasteiger partial charge on any atom is -0.493 e. The van der Waals surface area contributed by atoms with Gasteiger partial charge in [-0.2, -0.15) is 0 Å². The Morgan fingerprint density at radius 3 is 2.67 bits per heavy atom. The Morgan fingerprint density at radius 2 is 1.95 bits per heavy atom. The highest BCUT2D eigenvalue weighted by Crippen LogP contribution is 2.39. The zero-order chi connectivity index (χ0) is 14.3. The van der Waals surface area contributed by atoms with E-state index in [2.05, 4.69) is 63.7 Å². The average Bonchev–Trinajstić information content (AvgIpc) is 2.92. The van der Waals surface area contributed by atoms with E-state index in [0.717, 1.165) is 42.8 Å². The number of ether oxygens (including phenoxy) is 1. The van der Waals surface area contributed by atoms with Gasteiger partial charge in [0.05, 0.1) is 6.61 Å². The minimum atomic E-state index is 0.210. The second-order valence-electron chi connectivity index (χ2n) is 6.08. The van der Waals surface area contributed by atoms with Crippen LogP contribution in [0.25, 0.3) is 0 Å². The second kappa shape index (κ2) is 5.15. The van der Waals surface area contributed by atoms with Crippen molar-refractivity contribution in [2.24, 2.45) is 0 Å². The van der Waals surface area contributed by atoms with Gasteiger partial charge in [-0.1, -0.05) is 46.3 Å². The summed E-state index contributed by atoms with van der Waals surface area (Å²) >= 11 is 3.65. The number of hydrogen-bond donors (Lipinski definition) is 1. The molecule has 0 unspecified atom stereocenters. The number of hydrogen-bond acceptors (Lipinski definition) is 2. The standard InChI is InChI=1S/C18H18BrNO/c19-16-8-13-6-7-21-17(13)14(9-16)10-18(11-20-12-18)15-4-2-1-3-5-15/h1-5,8-9,20H,6-7,10-12H2. The molecule has 2 aliphatic rings. The van der Waals surface area contributed by atoms with Gasteiger partial charge in [-0.15, -0.1) is 0 Å². The highest BCUT2D eigenvalue weighted by atomic mass is 79.9. The first-order valence-electron chi connectivity index (χ1n) is 7.47. The van der Waals surface area contributed by atoms with Gasteiger partial charge in [0, 0.05) is 29.4 Å². The Labute approximate surface area is 133 Å². The molecule has 0 aliphatic carbocycles. The van der Waals surface area contributed by atoms with Gasteiger partial charge in [0.2, 0.25) is 0 Å². The monoisotopic (exact) mass is 343 g/mol. The Morgan fingerprint density at radius 1 is 1.14 bits per heavy atom. The summed E-state index contributed by atoms with van der Waals surface area (Å²) < 4.78 is 7.06. The maximum Gasteiger partial charge on any atom is 0.125 e. The molecule has 0 amide bonds. The summed E-state index contributed by atoms with van der Waals surface area (Å²) in [7, 11) is 0. The molecule has 0 saturated carbocycles. The van der Waals surface area contributed by atoms with E-state index in [0.29, 0.717) is 0 Å². The van der Waals surface area contributed by atoms with Gasteiger partial charge in [0.1, 0.15) is 5.75 Å². The van der Waals surface area contributed by atoms with Gasteiger partial charge in [0.25, 0.3) is 0 Å². The fourth-order valence-electron chi connectivity index (χ4n) is 3.49. The SMILES string of the molecule is Brc1cc2c(c(CC3(c4ccccc4)CNC3)c1)OCC2. The molecule has 1 saturated heterocycles. The normalized spacial score (nSPS) is 18.7. The third-order valence-corrected chi connectivity index (χ3v) is 5.12. The lowest BCUT2D eigenvalue weighted by Crippen LogP contribution is -2.58. The molecule has 0 aromatic heterocycles. The van der Waals surface area contributed by atoms with Gasteiger partial charge in [-0.3, -0.25) is 0 Å². The van der Waals surface area contributed by atoms with Crippen molar-refractivity contribution in [2.45, 2.75) is 18.3 Å². The van der Waals surface area contributed by atoms with Crippen molar-refractivity contribution in [3.63, 3.8) is 0 Å². The van der Waals surface area contributed by atoms with Crippen LogP contribution in [0.5, 0.6) is 5.75 Å². The first-order chi connectivity index (χ1) is 10.3. The number of rotatable bonds is 3. The van der Waals surface area contributed by atoms with E-state index in [1.54, 1.807) is 0 Å². The van der Waals surface area contributed by atoms with Crippen molar-refractivity contribution in [3.8, 4) is 5.75 Å². The maximum atomic E-state index is 5.89. The Kier molecular flexibility index (Phi) is 3.27. The van der Waals surface area contributed by atoms with Crippen molar-refractivity contribution >= 4 is 15.9 Å². The molecule has 0 bridgehead atoms. The fraction of sp³-hybridized carbons (Fsp3) is 0.333. The summed E-state index contributed by atoms with van der Waals surface area (Å²) in [6.45, 7) is 2.89. The molecule has 1 fully saturated rings. The first-order valence-corrected chi connectivity index (χ1v) is 8.27. The van der Waals surface area contributed by atoms with Crippen LogP contribution in [0.2, 0.25) is 0 Å². The van der Waals surface area contributed by atoms with E-state index in [1.165, 1.54) is 16.7 Å². The van der Waals surface area contributed by atoms with E-state index >= 15 is 0 Å². The topological polar surface area (TPSA) is 21.3 Å². The summed E-state index contributed by atoms with van der Waals surface area (Å²) in [6, 6.07) is 15.3. The molecule has 2 heterocycles. The van der Waals surface area contributed by atoms with Crippen molar-refractivity contribution in [3.05, 3.63) is 63.6 Å². The summed E-state index contributed by atoms with van der Waals surface area (Å²) in [5, 5.41) is 3.45. The molecule has 2 nitrogen and oxygen atoms in total. The maximum absolute atomic E-state index is 5.89. The molecule has 0 atom stereocenters. The third kappa shape index (κ3) is 2.29. The molecular formula is C18H18BrNO. The number of halogens is 1. The third-order valence-electron chi connectivity index (χ3n) is 4.67. The van der Waals surface area contributed by atoms with Crippen molar-refractivity contribution < 1.29 is 4.74 Å². The Hall–Kier alpha value is -1.32. The molecule has 3 heteroatoms. The fourth-order valence-corrected chi connectivity index (χ4v) is 4.04. The van der Waals surface area contributed by atoms with E-state index in [-0.39, 0.29) is 5.41 Å². The van der Waals surface area contributed by atoms with Gasteiger partial charge in [-0.05, 0) is 35.2 Å². The lowest BCUT2D eigenvalue weighted by atomic mass is 9.71. The zero-order valence-electron chi connectivity index (χ0n) is 11.9. The number of fused-ring (bicyclic) bond motifs is 1.